The van der Waals surface area contributed by atoms with Crippen molar-refractivity contribution in [3.05, 3.63) is 0 Å². The maximum atomic E-state index is 11.9. The average molecular weight is 210 g/mol. The first-order valence-corrected chi connectivity index (χ1v) is 5.60. The van der Waals surface area contributed by atoms with E-state index < -0.39 is 5.97 Å². The minimum atomic E-state index is -0.666. The summed E-state index contributed by atoms with van der Waals surface area (Å²) in [5, 5.41) is 0. The topological polar surface area (TPSA) is 43.4 Å². The highest BCUT2D eigenvalue weighted by atomic mass is 16.5. The summed E-state index contributed by atoms with van der Waals surface area (Å²) in [7, 11) is 1.28. The number of rotatable bonds is 2. The second-order valence-electron chi connectivity index (χ2n) is 5.42. The van der Waals surface area contributed by atoms with Crippen LogP contribution in [0.3, 0.4) is 0 Å². The number of hydrogen-bond acceptors (Lipinski definition) is 3. The molecule has 2 fully saturated rings. The molecule has 0 aromatic rings. The van der Waals surface area contributed by atoms with E-state index in [9.17, 15) is 9.59 Å². The first-order chi connectivity index (χ1) is 6.98. The molecule has 2 rings (SSSR count). The number of carbonyl (C=O) groups excluding carboxylic acids is 2. The third-order valence-corrected chi connectivity index (χ3v) is 4.47. The van der Waals surface area contributed by atoms with Crippen LogP contribution in [0.1, 0.15) is 33.1 Å². The van der Waals surface area contributed by atoms with Crippen LogP contribution in [-0.4, -0.2) is 18.9 Å². The van der Waals surface area contributed by atoms with Gasteiger partial charge in [0.1, 0.15) is 0 Å². The summed E-state index contributed by atoms with van der Waals surface area (Å²) in [6, 6.07) is 0. The summed E-state index contributed by atoms with van der Waals surface area (Å²) in [6.07, 6.45) is 3.42. The van der Waals surface area contributed by atoms with Crippen LogP contribution in [0, 0.1) is 23.2 Å². The summed E-state index contributed by atoms with van der Waals surface area (Å²) in [5.41, 5.74) is -0.0197. The number of ketones is 1. The van der Waals surface area contributed by atoms with Gasteiger partial charge in [-0.2, -0.15) is 0 Å². The molecule has 0 radical (unpaired) electrons. The Balaban J connectivity index is 2.22. The largest absolute Gasteiger partial charge is 0.463 e. The molecular formula is C12H18O3. The number of fused-ring (bicyclic) bond motifs is 2. The Labute approximate surface area is 90.2 Å². The Morgan fingerprint density at radius 1 is 1.27 bits per heavy atom. The molecule has 2 aliphatic rings. The van der Waals surface area contributed by atoms with Gasteiger partial charge < -0.3 is 4.74 Å². The van der Waals surface area contributed by atoms with E-state index in [-0.39, 0.29) is 17.1 Å². The van der Waals surface area contributed by atoms with Gasteiger partial charge in [-0.15, -0.1) is 0 Å². The Bertz CT molecular complexity index is 306. The summed E-state index contributed by atoms with van der Waals surface area (Å²) in [4.78, 5) is 23.2. The van der Waals surface area contributed by atoms with Crippen molar-refractivity contribution in [1.82, 2.24) is 0 Å². The molecule has 0 spiro atoms. The third-order valence-electron chi connectivity index (χ3n) is 4.47. The van der Waals surface area contributed by atoms with E-state index in [1.807, 2.05) is 0 Å². The van der Waals surface area contributed by atoms with E-state index in [0.29, 0.717) is 11.8 Å². The lowest BCUT2D eigenvalue weighted by molar-refractivity contribution is -0.156. The normalized spacial score (nSPS) is 36.6. The van der Waals surface area contributed by atoms with Gasteiger partial charge in [0.15, 0.2) is 0 Å². The fourth-order valence-electron chi connectivity index (χ4n) is 3.64. The summed E-state index contributed by atoms with van der Waals surface area (Å²) in [6.45, 7) is 4.23. The summed E-state index contributed by atoms with van der Waals surface area (Å²) >= 11 is 0. The predicted molar refractivity (Wildman–Crippen MR) is 55.1 cm³/mol. The Hall–Kier alpha value is -0.860. The smallest absolute Gasteiger partial charge is 0.374 e. The molecule has 0 N–H and O–H groups in total. The van der Waals surface area contributed by atoms with E-state index in [1.54, 1.807) is 0 Å². The number of methoxy groups -OCH3 is 1. The SMILES string of the molecule is COC(=O)C(=O)C1C2CCC(C2)C1(C)C. The van der Waals surface area contributed by atoms with Gasteiger partial charge >= 0.3 is 5.97 Å². The maximum absolute atomic E-state index is 11.9. The van der Waals surface area contributed by atoms with Crippen LogP contribution in [0.15, 0.2) is 0 Å². The first kappa shape index (κ1) is 10.7. The molecule has 0 heterocycles. The van der Waals surface area contributed by atoms with Crippen molar-refractivity contribution in [3.8, 4) is 0 Å². The monoisotopic (exact) mass is 210 g/mol. The van der Waals surface area contributed by atoms with Crippen LogP contribution in [0.4, 0.5) is 0 Å². The third kappa shape index (κ3) is 1.40. The number of ether oxygens (including phenoxy) is 1. The van der Waals surface area contributed by atoms with Crippen LogP contribution in [0.25, 0.3) is 0 Å². The van der Waals surface area contributed by atoms with E-state index in [2.05, 4.69) is 18.6 Å². The van der Waals surface area contributed by atoms with Gasteiger partial charge in [-0.3, -0.25) is 4.79 Å². The predicted octanol–water partition coefficient (Wildman–Crippen LogP) is 1.80. The van der Waals surface area contributed by atoms with Crippen LogP contribution in [0.5, 0.6) is 0 Å². The van der Waals surface area contributed by atoms with Crippen molar-refractivity contribution in [2.45, 2.75) is 33.1 Å². The fraction of sp³-hybridized carbons (Fsp3) is 0.833. The number of hydrogen-bond donors (Lipinski definition) is 0. The van der Waals surface area contributed by atoms with Crippen molar-refractivity contribution in [3.63, 3.8) is 0 Å². The Kier molecular flexibility index (Phi) is 2.36. The lowest BCUT2D eigenvalue weighted by Gasteiger charge is -2.36. The van der Waals surface area contributed by atoms with Gasteiger partial charge in [0.05, 0.1) is 7.11 Å². The minimum Gasteiger partial charge on any atom is -0.463 e. The average Bonchev–Trinajstić information content (AvgIpc) is 2.73. The Morgan fingerprint density at radius 3 is 2.40 bits per heavy atom. The first-order valence-electron chi connectivity index (χ1n) is 5.60. The minimum absolute atomic E-state index is 0.0197. The zero-order chi connectivity index (χ0) is 11.2. The molecule has 0 aromatic heterocycles. The second kappa shape index (κ2) is 3.32. The van der Waals surface area contributed by atoms with Crippen molar-refractivity contribution < 1.29 is 14.3 Å². The zero-order valence-electron chi connectivity index (χ0n) is 9.58. The standard InChI is InChI=1S/C12H18O3/c1-12(2)8-5-4-7(6-8)9(12)10(13)11(14)15-3/h7-9H,4-6H2,1-3H3. The van der Waals surface area contributed by atoms with E-state index in [1.165, 1.54) is 13.5 Å². The fourth-order valence-corrected chi connectivity index (χ4v) is 3.64. The highest BCUT2D eigenvalue weighted by molar-refractivity contribution is 6.34. The molecule has 3 heteroatoms. The van der Waals surface area contributed by atoms with Crippen LogP contribution < -0.4 is 0 Å². The van der Waals surface area contributed by atoms with Gasteiger partial charge in [0.25, 0.3) is 0 Å². The summed E-state index contributed by atoms with van der Waals surface area (Å²) < 4.78 is 4.54. The molecule has 3 atom stereocenters. The lowest BCUT2D eigenvalue weighted by Crippen LogP contribution is -2.40. The van der Waals surface area contributed by atoms with Crippen LogP contribution in [-0.2, 0) is 14.3 Å². The van der Waals surface area contributed by atoms with E-state index in [0.717, 1.165) is 12.8 Å². The quantitative estimate of drug-likeness (QED) is 0.515. The highest BCUT2D eigenvalue weighted by Crippen LogP contribution is 2.59. The maximum Gasteiger partial charge on any atom is 0.374 e. The molecule has 2 bridgehead atoms. The second-order valence-corrected chi connectivity index (χ2v) is 5.42. The molecule has 0 aromatic carbocycles. The molecule has 0 saturated heterocycles. The van der Waals surface area contributed by atoms with Gasteiger partial charge in [-0.25, -0.2) is 4.79 Å². The van der Waals surface area contributed by atoms with Crippen molar-refractivity contribution in [2.24, 2.45) is 23.2 Å². The lowest BCUT2D eigenvalue weighted by atomic mass is 9.67. The number of Topliss-reactive ketones (excluding diaryl/α,β-unsaturated/α-hetero) is 1. The van der Waals surface area contributed by atoms with Crippen LogP contribution in [0.2, 0.25) is 0 Å². The molecule has 84 valence electrons. The molecule has 3 nitrogen and oxygen atoms in total. The van der Waals surface area contributed by atoms with Crippen molar-refractivity contribution in [1.29, 1.82) is 0 Å². The Morgan fingerprint density at radius 2 is 1.93 bits per heavy atom. The molecule has 2 aliphatic carbocycles. The molecule has 2 saturated carbocycles. The molecule has 15 heavy (non-hydrogen) atoms. The summed E-state index contributed by atoms with van der Waals surface area (Å²) in [5.74, 6) is -0.0586. The molecule has 0 amide bonds. The van der Waals surface area contributed by atoms with Crippen molar-refractivity contribution in [2.75, 3.05) is 7.11 Å². The van der Waals surface area contributed by atoms with E-state index in [4.69, 9.17) is 0 Å². The van der Waals surface area contributed by atoms with Gasteiger partial charge in [0.2, 0.25) is 5.78 Å². The van der Waals surface area contributed by atoms with Crippen LogP contribution >= 0.6 is 0 Å². The van der Waals surface area contributed by atoms with Crippen molar-refractivity contribution >= 4 is 11.8 Å². The molecule has 0 aliphatic heterocycles. The molecule has 3 unspecified atom stereocenters. The zero-order valence-corrected chi connectivity index (χ0v) is 9.58. The molecular weight excluding hydrogens is 192 g/mol. The number of esters is 1. The van der Waals surface area contributed by atoms with Gasteiger partial charge in [0, 0.05) is 5.92 Å². The number of carbonyl (C=O) groups is 2. The highest BCUT2D eigenvalue weighted by Gasteiger charge is 2.56. The van der Waals surface area contributed by atoms with Gasteiger partial charge in [-0.05, 0) is 36.5 Å². The van der Waals surface area contributed by atoms with Gasteiger partial charge in [-0.1, -0.05) is 13.8 Å². The van der Waals surface area contributed by atoms with E-state index >= 15 is 0 Å².